The van der Waals surface area contributed by atoms with Crippen molar-refractivity contribution in [1.29, 1.82) is 0 Å². The molecule has 0 saturated heterocycles. The van der Waals surface area contributed by atoms with Crippen LogP contribution in [0.25, 0.3) is 0 Å². The fraction of sp³-hybridized carbons (Fsp3) is 0.286. The van der Waals surface area contributed by atoms with E-state index in [1.807, 2.05) is 37.4 Å². The highest BCUT2D eigenvalue weighted by atomic mass is 16.5. The van der Waals surface area contributed by atoms with E-state index in [9.17, 15) is 5.11 Å². The number of nitrogens with zero attached hydrogens (tertiary/aromatic N) is 2. The van der Waals surface area contributed by atoms with Gasteiger partial charge in [-0.1, -0.05) is 6.07 Å². The first-order valence-electron chi connectivity index (χ1n) is 5.88. The summed E-state index contributed by atoms with van der Waals surface area (Å²) in [7, 11) is 0. The predicted molar refractivity (Wildman–Crippen MR) is 68.3 cm³/mol. The minimum Gasteiger partial charge on any atom is -0.491 e. The summed E-state index contributed by atoms with van der Waals surface area (Å²) in [6, 6.07) is 7.63. The van der Waals surface area contributed by atoms with E-state index < -0.39 is 0 Å². The van der Waals surface area contributed by atoms with Crippen LogP contribution >= 0.6 is 0 Å². The van der Waals surface area contributed by atoms with Crippen molar-refractivity contribution < 1.29 is 9.84 Å². The highest BCUT2D eigenvalue weighted by Gasteiger charge is 2.04. The number of rotatable bonds is 5. The van der Waals surface area contributed by atoms with Crippen LogP contribution in [0.4, 0.5) is 0 Å². The Balaban J connectivity index is 1.94. The van der Waals surface area contributed by atoms with E-state index in [1.165, 1.54) is 0 Å². The quantitative estimate of drug-likeness (QED) is 0.872. The third kappa shape index (κ3) is 3.28. The fourth-order valence-corrected chi connectivity index (χ4v) is 1.67. The molecule has 0 fully saturated rings. The molecule has 4 heteroatoms. The molecule has 2 rings (SSSR count). The second-order valence-corrected chi connectivity index (χ2v) is 4.02. The maximum atomic E-state index is 9.21. The number of ether oxygens (including phenoxy) is 1. The Bertz CT molecular complexity index is 500. The number of aryl methyl sites for hydroxylation is 1. The molecule has 18 heavy (non-hydrogen) atoms. The molecule has 4 nitrogen and oxygen atoms in total. The van der Waals surface area contributed by atoms with Crippen molar-refractivity contribution in [3.8, 4) is 5.75 Å². The van der Waals surface area contributed by atoms with Crippen LogP contribution in [0.2, 0.25) is 0 Å². The van der Waals surface area contributed by atoms with Crippen LogP contribution in [0.3, 0.4) is 0 Å². The predicted octanol–water partition coefficient (Wildman–Crippen LogP) is 1.90. The molecular weight excluding hydrogens is 228 g/mol. The van der Waals surface area contributed by atoms with E-state index in [-0.39, 0.29) is 6.61 Å². The van der Waals surface area contributed by atoms with Crippen molar-refractivity contribution >= 4 is 0 Å². The summed E-state index contributed by atoms with van der Waals surface area (Å²) < 4.78 is 5.64. The van der Waals surface area contributed by atoms with Gasteiger partial charge in [0.2, 0.25) is 0 Å². The molecule has 0 aliphatic rings. The fourth-order valence-electron chi connectivity index (χ4n) is 1.67. The number of aliphatic hydroxyl groups is 1. The monoisotopic (exact) mass is 244 g/mol. The number of aliphatic hydroxyl groups excluding tert-OH is 1. The lowest BCUT2D eigenvalue weighted by molar-refractivity contribution is 0.258. The van der Waals surface area contributed by atoms with Gasteiger partial charge >= 0.3 is 0 Å². The van der Waals surface area contributed by atoms with Crippen LogP contribution in [0, 0.1) is 6.92 Å². The van der Waals surface area contributed by atoms with Crippen LogP contribution in [-0.2, 0) is 13.0 Å². The van der Waals surface area contributed by atoms with Crippen LogP contribution in [0.5, 0.6) is 5.75 Å². The molecule has 0 aliphatic heterocycles. The average Bonchev–Trinajstić information content (AvgIpc) is 2.41. The lowest BCUT2D eigenvalue weighted by Crippen LogP contribution is -2.05. The molecule has 0 unspecified atom stereocenters. The van der Waals surface area contributed by atoms with Gasteiger partial charge in [0.05, 0.1) is 13.2 Å². The Morgan fingerprint density at radius 3 is 2.89 bits per heavy atom. The number of hydrogen-bond donors (Lipinski definition) is 1. The minimum absolute atomic E-state index is 0.107. The summed E-state index contributed by atoms with van der Waals surface area (Å²) in [6.45, 7) is 2.33. The van der Waals surface area contributed by atoms with Crippen LogP contribution in [-0.4, -0.2) is 21.7 Å². The Morgan fingerprint density at radius 1 is 1.28 bits per heavy atom. The van der Waals surface area contributed by atoms with Gasteiger partial charge in [-0.25, -0.2) is 0 Å². The van der Waals surface area contributed by atoms with E-state index in [0.717, 1.165) is 17.7 Å². The van der Waals surface area contributed by atoms with Crippen molar-refractivity contribution in [2.45, 2.75) is 20.0 Å². The smallest absolute Gasteiger partial charge is 0.143 e. The second kappa shape index (κ2) is 6.12. The van der Waals surface area contributed by atoms with E-state index in [0.29, 0.717) is 18.1 Å². The lowest BCUT2D eigenvalue weighted by atomic mass is 10.2. The Kier molecular flexibility index (Phi) is 4.25. The maximum Gasteiger partial charge on any atom is 0.143 e. The zero-order chi connectivity index (χ0) is 12.8. The summed E-state index contributed by atoms with van der Waals surface area (Å²) in [5.74, 6) is 0.645. The molecule has 0 aromatic carbocycles. The normalized spacial score (nSPS) is 10.3. The van der Waals surface area contributed by atoms with Gasteiger partial charge in [0.15, 0.2) is 0 Å². The van der Waals surface area contributed by atoms with Crippen molar-refractivity contribution in [1.82, 2.24) is 9.97 Å². The molecule has 0 spiro atoms. The van der Waals surface area contributed by atoms with E-state index in [4.69, 9.17) is 4.74 Å². The van der Waals surface area contributed by atoms with E-state index in [2.05, 4.69) is 9.97 Å². The Hall–Kier alpha value is -1.94. The highest BCUT2D eigenvalue weighted by molar-refractivity contribution is 5.28. The molecule has 0 atom stereocenters. The van der Waals surface area contributed by atoms with Gasteiger partial charge in [-0.15, -0.1) is 0 Å². The zero-order valence-corrected chi connectivity index (χ0v) is 10.3. The summed E-state index contributed by atoms with van der Waals surface area (Å²) in [6.07, 6.45) is 4.36. The summed E-state index contributed by atoms with van der Waals surface area (Å²) >= 11 is 0. The van der Waals surface area contributed by atoms with Crippen molar-refractivity contribution in [2.24, 2.45) is 0 Å². The van der Waals surface area contributed by atoms with Gasteiger partial charge in [-0.05, 0) is 30.7 Å². The second-order valence-electron chi connectivity index (χ2n) is 4.02. The molecular formula is C14H16N2O2. The average molecular weight is 244 g/mol. The largest absolute Gasteiger partial charge is 0.491 e. The van der Waals surface area contributed by atoms with Gasteiger partial charge in [0.1, 0.15) is 11.4 Å². The molecule has 0 amide bonds. The molecule has 0 radical (unpaired) electrons. The molecule has 1 N–H and O–H groups in total. The first-order valence-corrected chi connectivity index (χ1v) is 5.88. The van der Waals surface area contributed by atoms with Gasteiger partial charge in [0, 0.05) is 24.5 Å². The van der Waals surface area contributed by atoms with Crippen molar-refractivity contribution in [2.75, 3.05) is 6.61 Å². The molecule has 2 aromatic heterocycles. The zero-order valence-electron chi connectivity index (χ0n) is 10.3. The summed E-state index contributed by atoms with van der Waals surface area (Å²) in [4.78, 5) is 8.28. The Labute approximate surface area is 106 Å². The molecule has 2 aromatic rings. The van der Waals surface area contributed by atoms with Gasteiger partial charge in [0.25, 0.3) is 0 Å². The number of hydrogen-bond acceptors (Lipinski definition) is 4. The first-order chi connectivity index (χ1) is 8.79. The van der Waals surface area contributed by atoms with Crippen molar-refractivity contribution in [3.63, 3.8) is 0 Å². The Morgan fingerprint density at radius 2 is 2.17 bits per heavy atom. The van der Waals surface area contributed by atoms with E-state index >= 15 is 0 Å². The molecule has 0 aliphatic carbocycles. The van der Waals surface area contributed by atoms with Crippen LogP contribution in [0.1, 0.15) is 17.0 Å². The topological polar surface area (TPSA) is 55.2 Å². The van der Waals surface area contributed by atoms with Crippen LogP contribution < -0.4 is 4.74 Å². The summed E-state index contributed by atoms with van der Waals surface area (Å²) in [5.41, 5.74) is 2.59. The number of pyridine rings is 2. The third-order valence-corrected chi connectivity index (χ3v) is 2.59. The molecule has 0 saturated carbocycles. The van der Waals surface area contributed by atoms with E-state index in [1.54, 1.807) is 6.20 Å². The van der Waals surface area contributed by atoms with Crippen molar-refractivity contribution in [3.05, 3.63) is 53.6 Å². The van der Waals surface area contributed by atoms with Gasteiger partial charge in [-0.2, -0.15) is 0 Å². The molecule has 2 heterocycles. The van der Waals surface area contributed by atoms with Crippen LogP contribution in [0.15, 0.2) is 36.7 Å². The molecule has 0 bridgehead atoms. The number of aromatic nitrogens is 2. The third-order valence-electron chi connectivity index (χ3n) is 2.59. The summed E-state index contributed by atoms with van der Waals surface area (Å²) in [5, 5.41) is 9.21. The maximum absolute atomic E-state index is 9.21. The van der Waals surface area contributed by atoms with Gasteiger partial charge < -0.3 is 9.84 Å². The molecule has 94 valence electrons. The van der Waals surface area contributed by atoms with Gasteiger partial charge in [-0.3, -0.25) is 9.97 Å². The first kappa shape index (κ1) is 12.5. The highest BCUT2D eigenvalue weighted by Crippen LogP contribution is 2.17. The SMILES string of the molecule is Cc1ccc(OCCc2cccnc2)c(CO)n1. The lowest BCUT2D eigenvalue weighted by Gasteiger charge is -2.09. The minimum atomic E-state index is -0.107. The standard InChI is InChI=1S/C14H16N2O2/c1-11-4-5-14(13(10-17)16-11)18-8-6-12-3-2-7-15-9-12/h2-5,7,9,17H,6,8,10H2,1H3.